The maximum atomic E-state index is 12.0. The first-order valence-electron chi connectivity index (χ1n) is 6.40. The number of hydrogen-bond acceptors (Lipinski definition) is 2. The Hall–Kier alpha value is -1.07. The van der Waals surface area contributed by atoms with Crippen molar-refractivity contribution in [3.63, 3.8) is 0 Å². The van der Waals surface area contributed by atoms with Gasteiger partial charge in [-0.1, -0.05) is 6.08 Å². The number of aromatic nitrogens is 1. The average molecular weight is 329 g/mol. The molecule has 1 N–H and O–H groups in total. The minimum Gasteiger partial charge on any atom is -0.379 e. The predicted octanol–water partition coefficient (Wildman–Crippen LogP) is 3.15. The number of carbonyl (C=O) groups excluding carboxylic acids is 1. The van der Waals surface area contributed by atoms with Crippen molar-refractivity contribution < 1.29 is 9.53 Å². The first-order valence-corrected chi connectivity index (χ1v) is 7.19. The fourth-order valence-electron chi connectivity index (χ4n) is 1.65. The molecule has 0 atom stereocenters. The van der Waals surface area contributed by atoms with Crippen LogP contribution in [0.1, 0.15) is 36.8 Å². The molecule has 0 fully saturated rings. The molecule has 0 aliphatic carbocycles. The summed E-state index contributed by atoms with van der Waals surface area (Å²) in [6.07, 6.45) is 4.56. The van der Waals surface area contributed by atoms with E-state index in [4.69, 9.17) is 4.74 Å². The first-order chi connectivity index (χ1) is 9.06. The minimum absolute atomic E-state index is 0.0771. The Balaban J connectivity index is 2.43. The van der Waals surface area contributed by atoms with Gasteiger partial charge in [-0.2, -0.15) is 0 Å². The van der Waals surface area contributed by atoms with Crippen molar-refractivity contribution in [1.82, 2.24) is 9.88 Å². The van der Waals surface area contributed by atoms with Crippen LogP contribution in [0.25, 0.3) is 0 Å². The standard InChI is InChI=1S/C14H21BrN2O2/c1-4-5-7-19-8-6-16-14(18)13-9-12(15)10-17(13)11(2)3/h4,9-11H,1,5-8H2,2-3H3,(H,16,18). The Morgan fingerprint density at radius 3 is 2.95 bits per heavy atom. The van der Waals surface area contributed by atoms with Gasteiger partial charge in [0.25, 0.3) is 5.91 Å². The van der Waals surface area contributed by atoms with Gasteiger partial charge in [-0.3, -0.25) is 4.79 Å². The largest absolute Gasteiger partial charge is 0.379 e. The van der Waals surface area contributed by atoms with Crippen molar-refractivity contribution in [2.75, 3.05) is 19.8 Å². The molecule has 0 radical (unpaired) electrons. The van der Waals surface area contributed by atoms with Crippen LogP contribution in [-0.2, 0) is 4.74 Å². The summed E-state index contributed by atoms with van der Waals surface area (Å²) in [6, 6.07) is 2.07. The highest BCUT2D eigenvalue weighted by atomic mass is 79.9. The van der Waals surface area contributed by atoms with Crippen molar-refractivity contribution in [2.24, 2.45) is 0 Å². The van der Waals surface area contributed by atoms with E-state index in [-0.39, 0.29) is 11.9 Å². The van der Waals surface area contributed by atoms with Gasteiger partial charge in [0, 0.05) is 23.3 Å². The van der Waals surface area contributed by atoms with Crippen molar-refractivity contribution in [3.8, 4) is 0 Å². The zero-order valence-electron chi connectivity index (χ0n) is 11.5. The van der Waals surface area contributed by atoms with Gasteiger partial charge in [-0.15, -0.1) is 6.58 Å². The molecule has 0 aliphatic heterocycles. The third kappa shape index (κ3) is 5.20. The molecule has 0 aliphatic rings. The smallest absolute Gasteiger partial charge is 0.268 e. The molecule has 1 heterocycles. The van der Waals surface area contributed by atoms with Crippen LogP contribution in [0.2, 0.25) is 0 Å². The average Bonchev–Trinajstić information content (AvgIpc) is 2.76. The second-order valence-electron chi connectivity index (χ2n) is 4.49. The number of nitrogens with one attached hydrogen (secondary N) is 1. The number of rotatable bonds is 8. The Morgan fingerprint density at radius 2 is 2.32 bits per heavy atom. The monoisotopic (exact) mass is 328 g/mol. The molecule has 106 valence electrons. The van der Waals surface area contributed by atoms with Crippen LogP contribution in [-0.4, -0.2) is 30.2 Å². The molecule has 5 heteroatoms. The first kappa shape index (κ1) is 16.0. The Labute approximate surface area is 123 Å². The lowest BCUT2D eigenvalue weighted by Crippen LogP contribution is -2.29. The summed E-state index contributed by atoms with van der Waals surface area (Å²) < 4.78 is 8.19. The van der Waals surface area contributed by atoms with Crippen molar-refractivity contribution >= 4 is 21.8 Å². The topological polar surface area (TPSA) is 43.3 Å². The molecule has 1 aromatic heterocycles. The molecule has 1 amide bonds. The number of hydrogen-bond donors (Lipinski definition) is 1. The summed E-state index contributed by atoms with van der Waals surface area (Å²) in [5.41, 5.74) is 0.660. The van der Waals surface area contributed by atoms with Crippen LogP contribution in [0.15, 0.2) is 29.4 Å². The molecule has 4 nitrogen and oxygen atoms in total. The van der Waals surface area contributed by atoms with Crippen molar-refractivity contribution in [2.45, 2.75) is 26.3 Å². The molecule has 1 rings (SSSR count). The predicted molar refractivity (Wildman–Crippen MR) is 80.5 cm³/mol. The van der Waals surface area contributed by atoms with Crippen molar-refractivity contribution in [3.05, 3.63) is 35.1 Å². The number of nitrogens with zero attached hydrogens (tertiary/aromatic N) is 1. The zero-order valence-corrected chi connectivity index (χ0v) is 13.1. The molecule has 0 aromatic carbocycles. The highest BCUT2D eigenvalue weighted by Gasteiger charge is 2.14. The molecule has 0 bridgehead atoms. The van der Waals surface area contributed by atoms with Gasteiger partial charge < -0.3 is 14.6 Å². The normalized spacial score (nSPS) is 10.7. The lowest BCUT2D eigenvalue weighted by Gasteiger charge is -2.12. The molecule has 1 aromatic rings. The van der Waals surface area contributed by atoms with Gasteiger partial charge in [-0.25, -0.2) is 0 Å². The third-order valence-electron chi connectivity index (χ3n) is 2.60. The molecular formula is C14H21BrN2O2. The van der Waals surface area contributed by atoms with Gasteiger partial charge in [-0.05, 0) is 42.3 Å². The second-order valence-corrected chi connectivity index (χ2v) is 5.41. The SMILES string of the molecule is C=CCCOCCNC(=O)c1cc(Br)cn1C(C)C. The van der Waals surface area contributed by atoms with E-state index in [1.807, 2.05) is 36.8 Å². The molecule has 0 saturated carbocycles. The van der Waals surface area contributed by atoms with E-state index in [2.05, 4.69) is 27.8 Å². The van der Waals surface area contributed by atoms with Gasteiger partial charge in [0.15, 0.2) is 0 Å². The van der Waals surface area contributed by atoms with Gasteiger partial charge in [0.2, 0.25) is 0 Å². The highest BCUT2D eigenvalue weighted by molar-refractivity contribution is 9.10. The molecule has 19 heavy (non-hydrogen) atoms. The van der Waals surface area contributed by atoms with E-state index in [1.54, 1.807) is 0 Å². The van der Waals surface area contributed by atoms with Crippen LogP contribution in [0, 0.1) is 0 Å². The fraction of sp³-hybridized carbons (Fsp3) is 0.500. The van der Waals surface area contributed by atoms with Crippen LogP contribution in [0.3, 0.4) is 0 Å². The zero-order chi connectivity index (χ0) is 14.3. The van der Waals surface area contributed by atoms with E-state index in [0.29, 0.717) is 25.5 Å². The van der Waals surface area contributed by atoms with E-state index in [0.717, 1.165) is 10.9 Å². The number of ether oxygens (including phenoxy) is 1. The molecule has 0 saturated heterocycles. The van der Waals surface area contributed by atoms with Crippen molar-refractivity contribution in [1.29, 1.82) is 0 Å². The summed E-state index contributed by atoms with van der Waals surface area (Å²) in [5, 5.41) is 2.85. The summed E-state index contributed by atoms with van der Waals surface area (Å²) >= 11 is 3.39. The Morgan fingerprint density at radius 1 is 1.58 bits per heavy atom. The minimum atomic E-state index is -0.0771. The maximum Gasteiger partial charge on any atom is 0.268 e. The summed E-state index contributed by atoms with van der Waals surface area (Å²) in [4.78, 5) is 12.0. The second kappa shape index (κ2) is 8.17. The Bertz CT molecular complexity index is 427. The lowest BCUT2D eigenvalue weighted by atomic mass is 10.3. The maximum absolute atomic E-state index is 12.0. The van der Waals surface area contributed by atoms with E-state index < -0.39 is 0 Å². The van der Waals surface area contributed by atoms with Crippen LogP contribution >= 0.6 is 15.9 Å². The summed E-state index contributed by atoms with van der Waals surface area (Å²) in [7, 11) is 0. The molecule has 0 unspecified atom stereocenters. The van der Waals surface area contributed by atoms with Crippen LogP contribution in [0.5, 0.6) is 0 Å². The molecular weight excluding hydrogens is 308 g/mol. The quantitative estimate of drug-likeness (QED) is 0.588. The molecule has 0 spiro atoms. The fourth-order valence-corrected chi connectivity index (χ4v) is 2.09. The van der Waals surface area contributed by atoms with Gasteiger partial charge in [0.05, 0.1) is 13.2 Å². The highest BCUT2D eigenvalue weighted by Crippen LogP contribution is 2.19. The van der Waals surface area contributed by atoms with Gasteiger partial charge >= 0.3 is 0 Å². The van der Waals surface area contributed by atoms with Crippen LogP contribution in [0.4, 0.5) is 0 Å². The van der Waals surface area contributed by atoms with E-state index in [1.165, 1.54) is 0 Å². The number of carbonyl (C=O) groups is 1. The summed E-state index contributed by atoms with van der Waals surface area (Å²) in [5.74, 6) is -0.0771. The van der Waals surface area contributed by atoms with E-state index in [9.17, 15) is 4.79 Å². The van der Waals surface area contributed by atoms with E-state index >= 15 is 0 Å². The number of amides is 1. The Kier molecular flexibility index (Phi) is 6.87. The third-order valence-corrected chi connectivity index (χ3v) is 3.04. The summed E-state index contributed by atoms with van der Waals surface area (Å²) in [6.45, 7) is 9.38. The lowest BCUT2D eigenvalue weighted by molar-refractivity contribution is 0.0907. The van der Waals surface area contributed by atoms with Crippen LogP contribution < -0.4 is 5.32 Å². The number of halogens is 1. The van der Waals surface area contributed by atoms with Gasteiger partial charge in [0.1, 0.15) is 5.69 Å².